The molecule has 0 atom stereocenters. The first-order valence-corrected chi connectivity index (χ1v) is 16.6. The van der Waals surface area contributed by atoms with Crippen LogP contribution in [0.1, 0.15) is 37.7 Å². The molecule has 0 bridgehead atoms. The third kappa shape index (κ3) is 5.00. The Kier molecular flexibility index (Phi) is 7.00. The third-order valence-electron chi connectivity index (χ3n) is 9.18. The predicted octanol–water partition coefficient (Wildman–Crippen LogP) is 11.0. The monoisotopic (exact) mass is 624 g/mol. The van der Waals surface area contributed by atoms with Gasteiger partial charge in [-0.25, -0.2) is 19.9 Å². The summed E-state index contributed by atoms with van der Waals surface area (Å²) in [4.78, 5) is 20.1. The van der Waals surface area contributed by atoms with Gasteiger partial charge < -0.3 is 0 Å². The van der Waals surface area contributed by atoms with Crippen LogP contribution in [-0.4, -0.2) is 19.9 Å². The number of thiazole rings is 1. The standard InChI is InChI=1S/C42H32N4S/c1-5-27(25-35-26(2)32-18-12-13-19-34(32)42(35,3)4)38-44-39(29-14-8-6-9-15-29)46-40(45-38)31-21-20-28-22-23-36-37(33(28)24-31)47-41(43-36)30-16-10-7-11-17-30/h5-25H,1H2,2-4H3/b27-25+. The maximum atomic E-state index is 5.11. The quantitative estimate of drug-likeness (QED) is 0.173. The van der Waals surface area contributed by atoms with Gasteiger partial charge in [-0.15, -0.1) is 11.3 Å². The zero-order chi connectivity index (χ0) is 32.1. The van der Waals surface area contributed by atoms with E-state index in [2.05, 4.69) is 112 Å². The van der Waals surface area contributed by atoms with Crippen LogP contribution in [0.5, 0.6) is 0 Å². The number of fused-ring (bicyclic) bond motifs is 4. The molecule has 0 spiro atoms. The number of hydrogen-bond donors (Lipinski definition) is 0. The third-order valence-corrected chi connectivity index (χ3v) is 10.3. The van der Waals surface area contributed by atoms with Crippen molar-refractivity contribution in [2.45, 2.75) is 26.2 Å². The summed E-state index contributed by atoms with van der Waals surface area (Å²) in [6, 6.07) is 39.8. The lowest BCUT2D eigenvalue weighted by atomic mass is 9.80. The van der Waals surface area contributed by atoms with Crippen molar-refractivity contribution in [3.05, 3.63) is 157 Å². The molecule has 0 fully saturated rings. The van der Waals surface area contributed by atoms with E-state index in [1.807, 2.05) is 42.5 Å². The summed E-state index contributed by atoms with van der Waals surface area (Å²) in [5.74, 6) is 1.84. The highest BCUT2D eigenvalue weighted by molar-refractivity contribution is 7.22. The van der Waals surface area contributed by atoms with Gasteiger partial charge in [-0.1, -0.05) is 130 Å². The summed E-state index contributed by atoms with van der Waals surface area (Å²) in [7, 11) is 0. The summed E-state index contributed by atoms with van der Waals surface area (Å²) >= 11 is 1.72. The maximum Gasteiger partial charge on any atom is 0.164 e. The summed E-state index contributed by atoms with van der Waals surface area (Å²) in [5, 5.41) is 3.29. The van der Waals surface area contributed by atoms with Crippen LogP contribution in [0.25, 0.3) is 65.5 Å². The number of benzene rings is 5. The Hall–Kier alpha value is -5.52. The van der Waals surface area contributed by atoms with Crippen molar-refractivity contribution in [2.75, 3.05) is 0 Å². The molecule has 0 saturated carbocycles. The minimum Gasteiger partial charge on any atom is -0.236 e. The first-order valence-electron chi connectivity index (χ1n) is 15.8. The molecule has 1 aliphatic rings. The smallest absolute Gasteiger partial charge is 0.164 e. The highest BCUT2D eigenvalue weighted by Gasteiger charge is 2.35. The lowest BCUT2D eigenvalue weighted by Crippen LogP contribution is -2.16. The van der Waals surface area contributed by atoms with Gasteiger partial charge in [0.2, 0.25) is 0 Å². The lowest BCUT2D eigenvalue weighted by Gasteiger charge is -2.23. The van der Waals surface area contributed by atoms with Gasteiger partial charge in [0, 0.05) is 33.1 Å². The van der Waals surface area contributed by atoms with Gasteiger partial charge in [-0.2, -0.15) is 0 Å². The molecule has 8 rings (SSSR count). The fourth-order valence-corrected chi connectivity index (χ4v) is 7.77. The second kappa shape index (κ2) is 11.4. The topological polar surface area (TPSA) is 51.6 Å². The fourth-order valence-electron chi connectivity index (χ4n) is 6.67. The van der Waals surface area contributed by atoms with Crippen LogP contribution in [0.15, 0.2) is 140 Å². The number of aromatic nitrogens is 4. The van der Waals surface area contributed by atoms with E-state index in [-0.39, 0.29) is 5.41 Å². The molecule has 7 aromatic rings. The molecule has 0 saturated heterocycles. The average Bonchev–Trinajstić information content (AvgIpc) is 3.64. The summed E-state index contributed by atoms with van der Waals surface area (Å²) in [5.41, 5.74) is 9.78. The number of rotatable bonds is 6. The minimum absolute atomic E-state index is 0.163. The molecule has 5 aromatic carbocycles. The summed E-state index contributed by atoms with van der Waals surface area (Å²) in [6.45, 7) is 11.0. The molecule has 0 amide bonds. The van der Waals surface area contributed by atoms with Crippen molar-refractivity contribution in [1.29, 1.82) is 0 Å². The van der Waals surface area contributed by atoms with Gasteiger partial charge >= 0.3 is 0 Å². The van der Waals surface area contributed by atoms with Crippen LogP contribution in [0.3, 0.4) is 0 Å². The van der Waals surface area contributed by atoms with Crippen LogP contribution < -0.4 is 0 Å². The Morgan fingerprint density at radius 3 is 2.09 bits per heavy atom. The maximum absolute atomic E-state index is 5.11. The SMILES string of the molecule is C=C/C(=C\C1=C(C)c2ccccc2C1(C)C)c1nc(-c2ccccc2)nc(-c2ccc3ccc4nc(-c5ccccc5)sc4c3c2)n1. The molecule has 1 aliphatic carbocycles. The molecule has 0 aliphatic heterocycles. The molecule has 47 heavy (non-hydrogen) atoms. The molecular weight excluding hydrogens is 593 g/mol. The normalized spacial score (nSPS) is 14.1. The average molecular weight is 625 g/mol. The van der Waals surface area contributed by atoms with E-state index >= 15 is 0 Å². The molecule has 4 nitrogen and oxygen atoms in total. The van der Waals surface area contributed by atoms with E-state index in [0.29, 0.717) is 17.5 Å². The van der Waals surface area contributed by atoms with E-state index in [9.17, 15) is 0 Å². The molecule has 5 heteroatoms. The van der Waals surface area contributed by atoms with Gasteiger partial charge in [-0.3, -0.25) is 0 Å². The van der Waals surface area contributed by atoms with E-state index in [4.69, 9.17) is 19.9 Å². The molecular formula is C42H32N4S. The van der Waals surface area contributed by atoms with Crippen molar-refractivity contribution in [3.8, 4) is 33.3 Å². The van der Waals surface area contributed by atoms with E-state index in [1.54, 1.807) is 11.3 Å². The van der Waals surface area contributed by atoms with Crippen LogP contribution >= 0.6 is 11.3 Å². The fraction of sp³-hybridized carbons (Fsp3) is 0.0952. The van der Waals surface area contributed by atoms with Crippen LogP contribution in [0.4, 0.5) is 0 Å². The largest absolute Gasteiger partial charge is 0.236 e. The molecule has 0 unspecified atom stereocenters. The van der Waals surface area contributed by atoms with Crippen molar-refractivity contribution < 1.29 is 0 Å². The Morgan fingerprint density at radius 2 is 1.36 bits per heavy atom. The van der Waals surface area contributed by atoms with Gasteiger partial charge in [0.05, 0.1) is 10.2 Å². The van der Waals surface area contributed by atoms with Gasteiger partial charge in [0.25, 0.3) is 0 Å². The van der Waals surface area contributed by atoms with Crippen LogP contribution in [0, 0.1) is 0 Å². The molecule has 2 heterocycles. The van der Waals surface area contributed by atoms with Crippen molar-refractivity contribution in [1.82, 2.24) is 19.9 Å². The predicted molar refractivity (Wildman–Crippen MR) is 197 cm³/mol. The Morgan fingerprint density at radius 1 is 0.702 bits per heavy atom. The summed E-state index contributed by atoms with van der Waals surface area (Å²) in [6.07, 6.45) is 4.07. The second-order valence-corrected chi connectivity index (χ2v) is 13.4. The summed E-state index contributed by atoms with van der Waals surface area (Å²) < 4.78 is 1.15. The second-order valence-electron chi connectivity index (χ2n) is 12.4. The molecule has 0 radical (unpaired) electrons. The van der Waals surface area contributed by atoms with E-state index in [0.717, 1.165) is 48.3 Å². The Labute approximate surface area is 278 Å². The first kappa shape index (κ1) is 28.9. The van der Waals surface area contributed by atoms with Crippen molar-refractivity contribution >= 4 is 43.5 Å². The molecule has 2 aromatic heterocycles. The van der Waals surface area contributed by atoms with Gasteiger partial charge in [-0.05, 0) is 52.8 Å². The Bertz CT molecular complexity index is 2400. The number of hydrogen-bond acceptors (Lipinski definition) is 5. The molecule has 0 N–H and O–H groups in total. The minimum atomic E-state index is -0.163. The Balaban J connectivity index is 1.30. The van der Waals surface area contributed by atoms with Crippen molar-refractivity contribution in [3.63, 3.8) is 0 Å². The van der Waals surface area contributed by atoms with Crippen molar-refractivity contribution in [2.24, 2.45) is 0 Å². The number of nitrogens with zero attached hydrogens (tertiary/aromatic N) is 4. The van der Waals surface area contributed by atoms with Crippen LogP contribution in [0.2, 0.25) is 0 Å². The highest BCUT2D eigenvalue weighted by atomic mass is 32.1. The number of allylic oxidation sites excluding steroid dienone is 5. The van der Waals surface area contributed by atoms with E-state index in [1.165, 1.54) is 22.3 Å². The molecule has 226 valence electrons. The van der Waals surface area contributed by atoms with Gasteiger partial charge in [0.1, 0.15) is 5.01 Å². The highest BCUT2D eigenvalue weighted by Crippen LogP contribution is 2.47. The van der Waals surface area contributed by atoms with E-state index < -0.39 is 0 Å². The first-order chi connectivity index (χ1) is 22.9. The lowest BCUT2D eigenvalue weighted by molar-refractivity contribution is 0.654. The van der Waals surface area contributed by atoms with Gasteiger partial charge in [0.15, 0.2) is 17.5 Å². The zero-order valence-corrected chi connectivity index (χ0v) is 27.3. The van der Waals surface area contributed by atoms with Crippen LogP contribution in [-0.2, 0) is 5.41 Å². The zero-order valence-electron chi connectivity index (χ0n) is 26.5.